The second-order valence-electron chi connectivity index (χ2n) is 7.43. The van der Waals surface area contributed by atoms with Gasteiger partial charge in [-0.3, -0.25) is 4.79 Å². The molecule has 0 aliphatic carbocycles. The number of likely N-dealkylation sites (N-methyl/N-ethyl adjacent to an activating group) is 1. The number of nitrogens with one attached hydrogen (secondary N) is 1. The van der Waals surface area contributed by atoms with Crippen LogP contribution in [0.15, 0.2) is 47.3 Å². The molecule has 2 atom stereocenters. The molecule has 1 unspecified atom stereocenters. The minimum Gasteiger partial charge on any atom is -0.469 e. The summed E-state index contributed by atoms with van der Waals surface area (Å²) in [5.41, 5.74) is 2.05. The number of piperidine rings is 1. The van der Waals surface area contributed by atoms with Gasteiger partial charge in [-0.25, -0.2) is 4.98 Å². The molecule has 3 aromatic heterocycles. The van der Waals surface area contributed by atoms with Crippen molar-refractivity contribution in [3.05, 3.63) is 48.7 Å². The van der Waals surface area contributed by atoms with Crippen molar-refractivity contribution >= 4 is 22.6 Å². The normalized spacial score (nSPS) is 20.1. The SMILES string of the molecule is C[C@@H]1CCN(C(=O)CCc2ccco2)CC1N(C)c1ccnc2[nH]ccc12. The van der Waals surface area contributed by atoms with Crippen molar-refractivity contribution < 1.29 is 9.21 Å². The molecular formula is C21H26N4O2. The number of H-pyrrole nitrogens is 1. The van der Waals surface area contributed by atoms with E-state index in [9.17, 15) is 4.79 Å². The fourth-order valence-corrected chi connectivity index (χ4v) is 4.06. The third-order valence-corrected chi connectivity index (χ3v) is 5.75. The number of pyridine rings is 1. The number of aromatic nitrogens is 2. The number of nitrogens with zero attached hydrogens (tertiary/aromatic N) is 3. The standard InChI is InChI=1S/C21H26N4O2/c1-15-9-12-25(20(26)6-5-16-4-3-13-27-16)14-19(15)24(2)18-8-11-23-21-17(18)7-10-22-21/h3-4,7-8,10-11,13,15,19H,5-6,9,12,14H2,1-2H3,(H,22,23)/t15-,19?/m1/s1. The van der Waals surface area contributed by atoms with E-state index >= 15 is 0 Å². The summed E-state index contributed by atoms with van der Waals surface area (Å²) in [5.74, 6) is 1.60. The van der Waals surface area contributed by atoms with E-state index < -0.39 is 0 Å². The zero-order valence-corrected chi connectivity index (χ0v) is 15.9. The van der Waals surface area contributed by atoms with Crippen LogP contribution in [0.3, 0.4) is 0 Å². The number of carbonyl (C=O) groups is 1. The van der Waals surface area contributed by atoms with Gasteiger partial charge in [0.25, 0.3) is 0 Å². The van der Waals surface area contributed by atoms with Crippen LogP contribution in [0, 0.1) is 5.92 Å². The number of hydrogen-bond donors (Lipinski definition) is 1. The predicted molar refractivity (Wildman–Crippen MR) is 106 cm³/mol. The number of rotatable bonds is 5. The summed E-state index contributed by atoms with van der Waals surface area (Å²) in [5, 5.41) is 1.12. The van der Waals surface area contributed by atoms with Crippen LogP contribution in [0.1, 0.15) is 25.5 Å². The molecule has 1 aliphatic rings. The smallest absolute Gasteiger partial charge is 0.223 e. The van der Waals surface area contributed by atoms with E-state index in [1.165, 1.54) is 0 Å². The molecule has 6 heteroatoms. The van der Waals surface area contributed by atoms with E-state index in [1.54, 1.807) is 6.26 Å². The third kappa shape index (κ3) is 3.56. The lowest BCUT2D eigenvalue weighted by atomic mass is 9.91. The van der Waals surface area contributed by atoms with Crippen molar-refractivity contribution in [2.24, 2.45) is 5.92 Å². The lowest BCUT2D eigenvalue weighted by Gasteiger charge is -2.42. The summed E-state index contributed by atoms with van der Waals surface area (Å²) in [6.45, 7) is 3.86. The van der Waals surface area contributed by atoms with Crippen LogP contribution in [0.4, 0.5) is 5.69 Å². The van der Waals surface area contributed by atoms with Gasteiger partial charge in [-0.15, -0.1) is 0 Å². The molecule has 0 bridgehead atoms. The van der Waals surface area contributed by atoms with E-state index in [0.717, 1.165) is 42.0 Å². The highest BCUT2D eigenvalue weighted by Crippen LogP contribution is 2.30. The van der Waals surface area contributed by atoms with Crippen LogP contribution in [0.2, 0.25) is 0 Å². The van der Waals surface area contributed by atoms with E-state index in [-0.39, 0.29) is 11.9 Å². The average molecular weight is 366 g/mol. The van der Waals surface area contributed by atoms with Crippen molar-refractivity contribution in [1.29, 1.82) is 0 Å². The first-order valence-electron chi connectivity index (χ1n) is 9.58. The van der Waals surface area contributed by atoms with Gasteiger partial charge >= 0.3 is 0 Å². The van der Waals surface area contributed by atoms with Crippen molar-refractivity contribution in [2.45, 2.75) is 32.2 Å². The first-order valence-corrected chi connectivity index (χ1v) is 9.58. The number of furan rings is 1. The monoisotopic (exact) mass is 366 g/mol. The molecule has 0 saturated carbocycles. The van der Waals surface area contributed by atoms with Crippen molar-refractivity contribution in [2.75, 3.05) is 25.0 Å². The van der Waals surface area contributed by atoms with Crippen molar-refractivity contribution in [1.82, 2.24) is 14.9 Å². The first kappa shape index (κ1) is 17.6. The number of carbonyl (C=O) groups excluding carboxylic acids is 1. The molecule has 4 heterocycles. The highest BCUT2D eigenvalue weighted by molar-refractivity contribution is 5.89. The molecule has 1 aliphatic heterocycles. The Morgan fingerprint density at radius 1 is 1.41 bits per heavy atom. The lowest BCUT2D eigenvalue weighted by molar-refractivity contribution is -0.132. The summed E-state index contributed by atoms with van der Waals surface area (Å²) in [7, 11) is 2.12. The fourth-order valence-electron chi connectivity index (χ4n) is 4.06. The minimum atomic E-state index is 0.207. The van der Waals surface area contributed by atoms with Crippen LogP contribution in [0.5, 0.6) is 0 Å². The molecule has 3 aromatic rings. The molecule has 1 amide bonds. The second-order valence-corrected chi connectivity index (χ2v) is 7.43. The number of hydrogen-bond acceptors (Lipinski definition) is 4. The van der Waals surface area contributed by atoms with Gasteiger partial charge in [-0.05, 0) is 36.6 Å². The van der Waals surface area contributed by atoms with Crippen LogP contribution in [0.25, 0.3) is 11.0 Å². The minimum absolute atomic E-state index is 0.207. The molecule has 1 N–H and O–H groups in total. The van der Waals surface area contributed by atoms with Gasteiger partial charge < -0.3 is 19.2 Å². The number of aryl methyl sites for hydroxylation is 1. The maximum atomic E-state index is 12.7. The Hall–Kier alpha value is -2.76. The number of anilines is 1. The molecule has 4 rings (SSSR count). The van der Waals surface area contributed by atoms with Crippen molar-refractivity contribution in [3.8, 4) is 0 Å². The summed E-state index contributed by atoms with van der Waals surface area (Å²) < 4.78 is 5.35. The van der Waals surface area contributed by atoms with Crippen LogP contribution in [-0.4, -0.2) is 47.0 Å². The quantitative estimate of drug-likeness (QED) is 0.751. The van der Waals surface area contributed by atoms with E-state index in [1.807, 2.05) is 29.4 Å². The van der Waals surface area contributed by atoms with Crippen molar-refractivity contribution in [3.63, 3.8) is 0 Å². The molecule has 142 valence electrons. The fraction of sp³-hybridized carbons (Fsp3) is 0.429. The van der Waals surface area contributed by atoms with Gasteiger partial charge in [0.2, 0.25) is 5.91 Å². The molecular weight excluding hydrogens is 340 g/mol. The maximum absolute atomic E-state index is 12.7. The molecule has 1 fully saturated rings. The number of amides is 1. The van der Waals surface area contributed by atoms with Crippen LogP contribution >= 0.6 is 0 Å². The van der Waals surface area contributed by atoms with Gasteiger partial charge in [0, 0.05) is 62.5 Å². The topological polar surface area (TPSA) is 65.4 Å². The number of aromatic amines is 1. The zero-order chi connectivity index (χ0) is 18.8. The Morgan fingerprint density at radius 2 is 2.30 bits per heavy atom. The maximum Gasteiger partial charge on any atom is 0.223 e. The van der Waals surface area contributed by atoms with Gasteiger partial charge in [-0.1, -0.05) is 6.92 Å². The second kappa shape index (κ2) is 7.47. The third-order valence-electron chi connectivity index (χ3n) is 5.75. The lowest BCUT2D eigenvalue weighted by Crippen LogP contribution is -2.52. The highest BCUT2D eigenvalue weighted by Gasteiger charge is 2.32. The van der Waals surface area contributed by atoms with Gasteiger partial charge in [0.1, 0.15) is 11.4 Å². The van der Waals surface area contributed by atoms with Gasteiger partial charge in [0.15, 0.2) is 0 Å². The molecule has 6 nitrogen and oxygen atoms in total. The largest absolute Gasteiger partial charge is 0.469 e. The average Bonchev–Trinajstić information content (AvgIpc) is 3.37. The number of likely N-dealkylation sites (tertiary alicyclic amines) is 1. The first-order chi connectivity index (χ1) is 13.1. The number of fused-ring (bicyclic) bond motifs is 1. The summed E-state index contributed by atoms with van der Waals surface area (Å²) in [4.78, 5) is 24.6. The Morgan fingerprint density at radius 3 is 3.11 bits per heavy atom. The molecule has 0 radical (unpaired) electrons. The van der Waals surface area contributed by atoms with E-state index in [0.29, 0.717) is 18.8 Å². The summed E-state index contributed by atoms with van der Waals surface area (Å²) >= 11 is 0. The predicted octanol–water partition coefficient (Wildman–Crippen LogP) is 3.46. The van der Waals surface area contributed by atoms with Crippen LogP contribution < -0.4 is 4.90 Å². The van der Waals surface area contributed by atoms with Gasteiger partial charge in [0.05, 0.1) is 6.26 Å². The van der Waals surface area contributed by atoms with Crippen LogP contribution in [-0.2, 0) is 11.2 Å². The highest BCUT2D eigenvalue weighted by atomic mass is 16.3. The zero-order valence-electron chi connectivity index (χ0n) is 15.9. The Bertz CT molecular complexity index is 902. The molecule has 0 spiro atoms. The van der Waals surface area contributed by atoms with E-state index in [2.05, 4.69) is 41.0 Å². The Labute approximate surface area is 159 Å². The Balaban J connectivity index is 1.47. The van der Waals surface area contributed by atoms with E-state index in [4.69, 9.17) is 4.42 Å². The summed E-state index contributed by atoms with van der Waals surface area (Å²) in [6, 6.07) is 8.19. The van der Waals surface area contributed by atoms with Gasteiger partial charge in [-0.2, -0.15) is 0 Å². The Kier molecular flexibility index (Phi) is 4.88. The molecule has 27 heavy (non-hydrogen) atoms. The molecule has 0 aromatic carbocycles. The molecule has 1 saturated heterocycles. The summed E-state index contributed by atoms with van der Waals surface area (Å²) in [6.07, 6.45) is 7.59.